The highest BCUT2D eigenvalue weighted by Gasteiger charge is 2.16. The number of hydrogen-bond donors (Lipinski definition) is 1. The molecule has 1 N–H and O–H groups in total. The summed E-state index contributed by atoms with van der Waals surface area (Å²) in [7, 11) is 0. The summed E-state index contributed by atoms with van der Waals surface area (Å²) in [5, 5.41) is 3.49. The third-order valence-corrected chi connectivity index (χ3v) is 3.80. The van der Waals surface area contributed by atoms with Crippen molar-refractivity contribution in [1.29, 1.82) is 0 Å². The molecule has 0 saturated heterocycles. The van der Waals surface area contributed by atoms with Gasteiger partial charge in [0.25, 0.3) is 5.91 Å². The molecular formula is C18H15Cl2NO3. The third-order valence-electron chi connectivity index (χ3n) is 3.06. The lowest BCUT2D eigenvalue weighted by molar-refractivity contribution is -0.148. The molecule has 0 fully saturated rings. The van der Waals surface area contributed by atoms with Gasteiger partial charge in [-0.1, -0.05) is 47.5 Å². The van der Waals surface area contributed by atoms with E-state index in [0.29, 0.717) is 21.3 Å². The summed E-state index contributed by atoms with van der Waals surface area (Å²) in [6.45, 7) is 1.50. The second-order valence-electron chi connectivity index (χ2n) is 4.94. The Morgan fingerprint density at radius 1 is 1.08 bits per heavy atom. The first kappa shape index (κ1) is 18.0. The van der Waals surface area contributed by atoms with Crippen molar-refractivity contribution in [3.05, 3.63) is 70.2 Å². The number of esters is 1. The fraction of sp³-hybridized carbons (Fsp3) is 0.111. The van der Waals surface area contributed by atoms with Crippen LogP contribution in [0.1, 0.15) is 12.5 Å². The minimum Gasteiger partial charge on any atom is -0.449 e. The van der Waals surface area contributed by atoms with E-state index in [-0.39, 0.29) is 0 Å². The molecule has 2 aromatic carbocycles. The number of carbonyl (C=O) groups excluding carboxylic acids is 2. The molecule has 24 heavy (non-hydrogen) atoms. The van der Waals surface area contributed by atoms with Gasteiger partial charge in [0.15, 0.2) is 6.10 Å². The zero-order chi connectivity index (χ0) is 17.5. The smallest absolute Gasteiger partial charge is 0.331 e. The van der Waals surface area contributed by atoms with E-state index in [9.17, 15) is 9.59 Å². The van der Waals surface area contributed by atoms with Crippen LogP contribution in [0.2, 0.25) is 10.0 Å². The first-order valence-electron chi connectivity index (χ1n) is 7.15. The highest BCUT2D eigenvalue weighted by molar-refractivity contribution is 6.42. The molecule has 0 saturated carbocycles. The van der Waals surface area contributed by atoms with Gasteiger partial charge < -0.3 is 10.1 Å². The first-order chi connectivity index (χ1) is 11.5. The van der Waals surface area contributed by atoms with Crippen LogP contribution >= 0.6 is 23.2 Å². The fourth-order valence-corrected chi connectivity index (χ4v) is 2.12. The number of benzene rings is 2. The van der Waals surface area contributed by atoms with Gasteiger partial charge in [-0.3, -0.25) is 4.79 Å². The minimum absolute atomic E-state index is 0.391. The summed E-state index contributed by atoms with van der Waals surface area (Å²) < 4.78 is 5.06. The summed E-state index contributed by atoms with van der Waals surface area (Å²) in [5.74, 6) is -1.03. The van der Waals surface area contributed by atoms with Gasteiger partial charge in [0.05, 0.1) is 10.0 Å². The van der Waals surface area contributed by atoms with E-state index in [2.05, 4.69) is 5.32 Å². The zero-order valence-corrected chi connectivity index (χ0v) is 14.3. The highest BCUT2D eigenvalue weighted by atomic mass is 35.5. The Morgan fingerprint density at radius 2 is 1.79 bits per heavy atom. The molecule has 124 valence electrons. The van der Waals surface area contributed by atoms with Gasteiger partial charge in [-0.15, -0.1) is 0 Å². The predicted octanol–water partition coefficient (Wildman–Crippen LogP) is 4.58. The average Bonchev–Trinajstić information content (AvgIpc) is 2.56. The number of nitrogens with one attached hydrogen (secondary N) is 1. The van der Waals surface area contributed by atoms with Crippen molar-refractivity contribution in [2.75, 3.05) is 5.32 Å². The molecule has 0 aromatic heterocycles. The van der Waals surface area contributed by atoms with Gasteiger partial charge in [0.2, 0.25) is 0 Å². The van der Waals surface area contributed by atoms with E-state index in [0.717, 1.165) is 0 Å². The molecular weight excluding hydrogens is 349 g/mol. The molecule has 0 bridgehead atoms. The number of rotatable bonds is 5. The van der Waals surface area contributed by atoms with E-state index in [1.807, 2.05) is 6.07 Å². The quantitative estimate of drug-likeness (QED) is 0.624. The lowest BCUT2D eigenvalue weighted by Gasteiger charge is -2.12. The van der Waals surface area contributed by atoms with Crippen molar-refractivity contribution < 1.29 is 14.3 Å². The maximum atomic E-state index is 12.0. The Bertz CT molecular complexity index is 760. The van der Waals surface area contributed by atoms with Crippen molar-refractivity contribution in [2.45, 2.75) is 13.0 Å². The Hall–Kier alpha value is -2.30. The third kappa shape index (κ3) is 5.41. The standard InChI is InChI=1S/C18H15Cl2NO3/c1-12(18(23)21-14-5-3-2-4-6-14)24-17(22)10-8-13-7-9-15(19)16(20)11-13/h2-12H,1H3,(H,21,23). The Kier molecular flexibility index (Phi) is 6.41. The number of ether oxygens (including phenoxy) is 1. The van der Waals surface area contributed by atoms with E-state index in [1.165, 1.54) is 19.1 Å². The minimum atomic E-state index is -0.920. The van der Waals surface area contributed by atoms with Gasteiger partial charge in [0, 0.05) is 11.8 Å². The largest absolute Gasteiger partial charge is 0.449 e. The lowest BCUT2D eigenvalue weighted by atomic mass is 10.2. The Balaban J connectivity index is 1.89. The van der Waals surface area contributed by atoms with Crippen LogP contribution in [0.15, 0.2) is 54.6 Å². The topological polar surface area (TPSA) is 55.4 Å². The molecule has 0 aliphatic carbocycles. The molecule has 0 radical (unpaired) electrons. The summed E-state index contributed by atoms with van der Waals surface area (Å²) >= 11 is 11.7. The number of halogens is 2. The zero-order valence-electron chi connectivity index (χ0n) is 12.8. The molecule has 0 heterocycles. The van der Waals surface area contributed by atoms with Crippen molar-refractivity contribution in [2.24, 2.45) is 0 Å². The van der Waals surface area contributed by atoms with E-state index >= 15 is 0 Å². The number of anilines is 1. The Morgan fingerprint density at radius 3 is 2.46 bits per heavy atom. The van der Waals surface area contributed by atoms with Crippen LogP contribution in [-0.4, -0.2) is 18.0 Å². The summed E-state index contributed by atoms with van der Waals surface area (Å²) in [5.41, 5.74) is 1.33. The van der Waals surface area contributed by atoms with Crippen molar-refractivity contribution in [1.82, 2.24) is 0 Å². The van der Waals surface area contributed by atoms with E-state index < -0.39 is 18.0 Å². The van der Waals surface area contributed by atoms with Crippen LogP contribution in [0.25, 0.3) is 6.08 Å². The Labute approximate surface area is 150 Å². The van der Waals surface area contributed by atoms with Gasteiger partial charge in [-0.2, -0.15) is 0 Å². The van der Waals surface area contributed by atoms with Crippen molar-refractivity contribution in [3.63, 3.8) is 0 Å². The van der Waals surface area contributed by atoms with E-state index in [4.69, 9.17) is 27.9 Å². The van der Waals surface area contributed by atoms with Gasteiger partial charge >= 0.3 is 5.97 Å². The van der Waals surface area contributed by atoms with Crippen LogP contribution < -0.4 is 5.32 Å². The van der Waals surface area contributed by atoms with Crippen molar-refractivity contribution in [3.8, 4) is 0 Å². The molecule has 4 nitrogen and oxygen atoms in total. The SMILES string of the molecule is CC(OC(=O)C=Cc1ccc(Cl)c(Cl)c1)C(=O)Nc1ccccc1. The molecule has 1 atom stereocenters. The fourth-order valence-electron chi connectivity index (χ4n) is 1.81. The van der Waals surface area contributed by atoms with Crippen LogP contribution in [0.3, 0.4) is 0 Å². The number of carbonyl (C=O) groups is 2. The summed E-state index contributed by atoms with van der Waals surface area (Å²) in [4.78, 5) is 23.7. The second kappa shape index (κ2) is 8.52. The van der Waals surface area contributed by atoms with Gasteiger partial charge in [-0.25, -0.2) is 4.79 Å². The number of para-hydroxylation sites is 1. The molecule has 1 unspecified atom stereocenters. The molecule has 0 aliphatic heterocycles. The van der Waals surface area contributed by atoms with Gasteiger partial charge in [-0.05, 0) is 42.8 Å². The monoisotopic (exact) mass is 363 g/mol. The van der Waals surface area contributed by atoms with Crippen LogP contribution in [0, 0.1) is 0 Å². The van der Waals surface area contributed by atoms with Crippen LogP contribution in [-0.2, 0) is 14.3 Å². The molecule has 0 aliphatic rings. The normalized spacial score (nSPS) is 12.0. The molecule has 0 spiro atoms. The number of amides is 1. The second-order valence-corrected chi connectivity index (χ2v) is 5.76. The molecule has 2 rings (SSSR count). The van der Waals surface area contributed by atoms with Crippen LogP contribution in [0.4, 0.5) is 5.69 Å². The number of hydrogen-bond acceptors (Lipinski definition) is 3. The van der Waals surface area contributed by atoms with Crippen LogP contribution in [0.5, 0.6) is 0 Å². The maximum absolute atomic E-state index is 12.0. The van der Waals surface area contributed by atoms with Crippen molar-refractivity contribution >= 4 is 46.8 Å². The average molecular weight is 364 g/mol. The highest BCUT2D eigenvalue weighted by Crippen LogP contribution is 2.23. The first-order valence-corrected chi connectivity index (χ1v) is 7.91. The molecule has 1 amide bonds. The molecule has 2 aromatic rings. The molecule has 6 heteroatoms. The maximum Gasteiger partial charge on any atom is 0.331 e. The lowest BCUT2D eigenvalue weighted by Crippen LogP contribution is -2.29. The predicted molar refractivity (Wildman–Crippen MR) is 96.1 cm³/mol. The van der Waals surface area contributed by atoms with Gasteiger partial charge in [0.1, 0.15) is 0 Å². The van der Waals surface area contributed by atoms with E-state index in [1.54, 1.807) is 42.5 Å². The summed E-state index contributed by atoms with van der Waals surface area (Å²) in [6.07, 6.45) is 1.84. The summed E-state index contributed by atoms with van der Waals surface area (Å²) in [6, 6.07) is 13.9.